The number of hydrogen-bond acceptors (Lipinski definition) is 5. The minimum absolute atomic E-state index is 0.231. The highest BCUT2D eigenvalue weighted by Gasteiger charge is 2.41. The monoisotopic (exact) mass is 331 g/mol. The van der Waals surface area contributed by atoms with Gasteiger partial charge in [0.25, 0.3) is 5.89 Å². The molecule has 4 rings (SSSR count). The Morgan fingerprint density at radius 1 is 1.17 bits per heavy atom. The summed E-state index contributed by atoms with van der Waals surface area (Å²) in [6.45, 7) is 1.59. The molecule has 0 unspecified atom stereocenters. The van der Waals surface area contributed by atoms with Crippen LogP contribution in [-0.2, 0) is 5.54 Å². The van der Waals surface area contributed by atoms with Crippen molar-refractivity contribution >= 4 is 0 Å². The van der Waals surface area contributed by atoms with Gasteiger partial charge in [0, 0.05) is 18.0 Å². The van der Waals surface area contributed by atoms with Crippen molar-refractivity contribution in [3.63, 3.8) is 0 Å². The second kappa shape index (κ2) is 5.79. The van der Waals surface area contributed by atoms with Crippen LogP contribution in [0.2, 0.25) is 0 Å². The summed E-state index contributed by atoms with van der Waals surface area (Å²) in [5.74, 6) is -1.20. The van der Waals surface area contributed by atoms with Gasteiger partial charge in [-0.15, -0.1) is 0 Å². The normalized spacial score (nSPS) is 17.1. The second-order valence-corrected chi connectivity index (χ2v) is 5.78. The van der Waals surface area contributed by atoms with Crippen LogP contribution in [0.25, 0.3) is 11.4 Å². The number of hydrogen-bond donors (Lipinski definition) is 1. The quantitative estimate of drug-likeness (QED) is 0.798. The molecule has 1 aliphatic rings. The summed E-state index contributed by atoms with van der Waals surface area (Å²) < 4.78 is 33.9. The van der Waals surface area contributed by atoms with E-state index in [-0.39, 0.29) is 5.82 Å². The van der Waals surface area contributed by atoms with Gasteiger partial charge in [-0.05, 0) is 50.2 Å². The molecule has 0 spiro atoms. The highest BCUT2D eigenvalue weighted by atomic mass is 19.2. The fourth-order valence-corrected chi connectivity index (χ4v) is 3.07. The second-order valence-electron chi connectivity index (χ2n) is 5.78. The van der Waals surface area contributed by atoms with Crippen molar-refractivity contribution in [3.8, 4) is 11.4 Å². The van der Waals surface area contributed by atoms with Crippen molar-refractivity contribution in [3.05, 3.63) is 54.2 Å². The molecule has 2 aromatic heterocycles. The van der Waals surface area contributed by atoms with E-state index in [0.717, 1.165) is 38.1 Å². The van der Waals surface area contributed by atoms with E-state index in [2.05, 4.69) is 20.6 Å². The summed E-state index contributed by atoms with van der Waals surface area (Å²) in [6.07, 6.45) is 5.06. The first-order valence-corrected chi connectivity index (χ1v) is 7.69. The van der Waals surface area contributed by atoms with Gasteiger partial charge in [0.05, 0.1) is 0 Å². The van der Waals surface area contributed by atoms with Gasteiger partial charge in [-0.25, -0.2) is 8.78 Å². The molecule has 3 heterocycles. The van der Waals surface area contributed by atoms with Crippen molar-refractivity contribution in [2.24, 2.45) is 0 Å². The smallest absolute Gasteiger partial charge is 0.255 e. The SMILES string of the molecule is Fc1ccc(-c2noc(C3(n4cccn4)CCNCC3)n2)cc1F. The fourth-order valence-electron chi connectivity index (χ4n) is 3.07. The van der Waals surface area contributed by atoms with Gasteiger partial charge in [-0.2, -0.15) is 10.1 Å². The van der Waals surface area contributed by atoms with Crippen LogP contribution in [-0.4, -0.2) is 33.0 Å². The van der Waals surface area contributed by atoms with Gasteiger partial charge in [0.2, 0.25) is 5.82 Å². The van der Waals surface area contributed by atoms with Crippen LogP contribution in [0.1, 0.15) is 18.7 Å². The zero-order valence-electron chi connectivity index (χ0n) is 12.7. The minimum Gasteiger partial charge on any atom is -0.336 e. The third kappa shape index (κ3) is 2.39. The number of rotatable bonds is 3. The lowest BCUT2D eigenvalue weighted by atomic mass is 9.88. The Morgan fingerprint density at radius 2 is 2.00 bits per heavy atom. The lowest BCUT2D eigenvalue weighted by Crippen LogP contribution is -2.45. The Labute approximate surface area is 136 Å². The van der Waals surface area contributed by atoms with Crippen LogP contribution < -0.4 is 5.32 Å². The molecule has 1 aromatic carbocycles. The largest absolute Gasteiger partial charge is 0.336 e. The topological polar surface area (TPSA) is 68.8 Å². The van der Waals surface area contributed by atoms with Crippen LogP contribution in [0.4, 0.5) is 8.78 Å². The zero-order chi connectivity index (χ0) is 16.6. The molecule has 124 valence electrons. The van der Waals surface area contributed by atoms with E-state index >= 15 is 0 Å². The Kier molecular flexibility index (Phi) is 3.61. The number of halogens is 2. The van der Waals surface area contributed by atoms with E-state index in [9.17, 15) is 8.78 Å². The summed E-state index contributed by atoms with van der Waals surface area (Å²) in [4.78, 5) is 4.45. The Morgan fingerprint density at radius 3 is 2.71 bits per heavy atom. The van der Waals surface area contributed by atoms with Gasteiger partial charge in [0.15, 0.2) is 11.6 Å². The van der Waals surface area contributed by atoms with Crippen molar-refractivity contribution in [2.75, 3.05) is 13.1 Å². The Bertz CT molecular complexity index is 840. The molecule has 8 heteroatoms. The summed E-state index contributed by atoms with van der Waals surface area (Å²) in [7, 11) is 0. The van der Waals surface area contributed by atoms with Crippen molar-refractivity contribution in [1.29, 1.82) is 0 Å². The fraction of sp³-hybridized carbons (Fsp3) is 0.312. The summed E-state index contributed by atoms with van der Waals surface area (Å²) in [5.41, 5.74) is -0.160. The van der Waals surface area contributed by atoms with Crippen LogP contribution in [0.5, 0.6) is 0 Å². The number of nitrogens with zero attached hydrogens (tertiary/aromatic N) is 4. The standard InChI is InChI=1S/C16H15F2N5O/c17-12-3-2-11(10-13(12)18)14-21-15(24-22-14)16(4-7-19-8-5-16)23-9-1-6-20-23/h1-3,6,9-10,19H,4-5,7-8H2. The maximum Gasteiger partial charge on any atom is 0.255 e. The number of nitrogens with one attached hydrogen (secondary N) is 1. The minimum atomic E-state index is -0.942. The van der Waals surface area contributed by atoms with Crippen LogP contribution in [0.15, 0.2) is 41.2 Å². The Hall–Kier alpha value is -2.61. The van der Waals surface area contributed by atoms with Gasteiger partial charge in [-0.3, -0.25) is 4.68 Å². The molecule has 0 aliphatic carbocycles. The highest BCUT2D eigenvalue weighted by Crippen LogP contribution is 2.34. The molecule has 1 N–H and O–H groups in total. The summed E-state index contributed by atoms with van der Waals surface area (Å²) >= 11 is 0. The third-order valence-electron chi connectivity index (χ3n) is 4.38. The molecular weight excluding hydrogens is 316 g/mol. The molecule has 6 nitrogen and oxygen atoms in total. The van der Waals surface area contributed by atoms with Gasteiger partial charge < -0.3 is 9.84 Å². The molecule has 0 bridgehead atoms. The molecule has 1 saturated heterocycles. The molecular formula is C16H15F2N5O. The predicted octanol–water partition coefficient (Wildman–Crippen LogP) is 2.34. The number of piperidine rings is 1. The third-order valence-corrected chi connectivity index (χ3v) is 4.38. The van der Waals surface area contributed by atoms with Crippen LogP contribution in [0, 0.1) is 11.6 Å². The molecule has 1 aliphatic heterocycles. The zero-order valence-corrected chi connectivity index (χ0v) is 12.7. The maximum atomic E-state index is 13.4. The molecule has 0 amide bonds. The van der Waals surface area contributed by atoms with Crippen LogP contribution in [0.3, 0.4) is 0 Å². The van der Waals surface area contributed by atoms with Gasteiger partial charge in [-0.1, -0.05) is 5.16 Å². The van der Waals surface area contributed by atoms with E-state index in [1.54, 1.807) is 6.20 Å². The first-order chi connectivity index (χ1) is 11.7. The van der Waals surface area contributed by atoms with E-state index in [1.807, 2.05) is 16.9 Å². The van der Waals surface area contributed by atoms with Crippen molar-refractivity contribution < 1.29 is 13.3 Å². The molecule has 0 saturated carbocycles. The highest BCUT2D eigenvalue weighted by molar-refractivity contribution is 5.54. The van der Waals surface area contributed by atoms with E-state index < -0.39 is 17.2 Å². The summed E-state index contributed by atoms with van der Waals surface area (Å²) in [6, 6.07) is 5.38. The predicted molar refractivity (Wildman–Crippen MR) is 81.1 cm³/mol. The molecule has 0 radical (unpaired) electrons. The van der Waals surface area contributed by atoms with Crippen molar-refractivity contribution in [1.82, 2.24) is 25.2 Å². The van der Waals surface area contributed by atoms with Crippen LogP contribution >= 0.6 is 0 Å². The van der Waals surface area contributed by atoms with E-state index in [1.165, 1.54) is 6.07 Å². The lowest BCUT2D eigenvalue weighted by molar-refractivity contribution is 0.172. The first kappa shape index (κ1) is 14.9. The molecule has 24 heavy (non-hydrogen) atoms. The first-order valence-electron chi connectivity index (χ1n) is 7.69. The summed E-state index contributed by atoms with van der Waals surface area (Å²) in [5, 5.41) is 11.6. The van der Waals surface area contributed by atoms with E-state index in [4.69, 9.17) is 4.52 Å². The van der Waals surface area contributed by atoms with E-state index in [0.29, 0.717) is 11.5 Å². The van der Waals surface area contributed by atoms with Crippen molar-refractivity contribution in [2.45, 2.75) is 18.4 Å². The average Bonchev–Trinajstić information content (AvgIpc) is 3.30. The van der Waals surface area contributed by atoms with Gasteiger partial charge >= 0.3 is 0 Å². The number of aromatic nitrogens is 4. The molecule has 3 aromatic rings. The molecule has 0 atom stereocenters. The number of benzene rings is 1. The lowest BCUT2D eigenvalue weighted by Gasteiger charge is -2.34. The average molecular weight is 331 g/mol. The van der Waals surface area contributed by atoms with Gasteiger partial charge in [0.1, 0.15) is 5.54 Å². The molecule has 1 fully saturated rings. The maximum absolute atomic E-state index is 13.4. The Balaban J connectivity index is 1.75.